The van der Waals surface area contributed by atoms with E-state index in [0.717, 1.165) is 30.2 Å². The van der Waals surface area contributed by atoms with E-state index in [4.69, 9.17) is 27.9 Å². The summed E-state index contributed by atoms with van der Waals surface area (Å²) >= 11 is 12.6. The number of rotatable bonds is 6. The number of hydrogen-bond acceptors (Lipinski definition) is 3. The average Bonchev–Trinajstić information content (AvgIpc) is 2.79. The maximum absolute atomic E-state index is 14.0. The van der Waals surface area contributed by atoms with Crippen molar-refractivity contribution in [1.29, 1.82) is 0 Å². The predicted octanol–water partition coefficient (Wildman–Crippen LogP) is 6.82. The molecule has 1 aliphatic rings. The van der Waals surface area contributed by atoms with E-state index in [-0.39, 0.29) is 16.5 Å². The Morgan fingerprint density at radius 3 is 2.40 bits per heavy atom. The number of hydrogen-bond donors (Lipinski definition) is 2. The van der Waals surface area contributed by atoms with E-state index in [1.165, 1.54) is 12.1 Å². The highest BCUT2D eigenvalue weighted by Gasteiger charge is 2.27. The summed E-state index contributed by atoms with van der Waals surface area (Å²) in [6.45, 7) is 3.93. The number of carbonyl (C=O) groups is 1. The van der Waals surface area contributed by atoms with Crippen molar-refractivity contribution in [3.8, 4) is 16.9 Å². The average molecular weight is 522 g/mol. The quantitative estimate of drug-likeness (QED) is 0.350. The van der Waals surface area contributed by atoms with Crippen molar-refractivity contribution in [2.24, 2.45) is 0 Å². The van der Waals surface area contributed by atoms with Gasteiger partial charge in [-0.25, -0.2) is 13.2 Å². The molecule has 0 bridgehead atoms. The fourth-order valence-corrected chi connectivity index (χ4v) is 4.80. The van der Waals surface area contributed by atoms with Gasteiger partial charge in [-0.05, 0) is 48.2 Å². The van der Waals surface area contributed by atoms with Crippen LogP contribution in [-0.4, -0.2) is 23.7 Å². The molecule has 1 aliphatic heterocycles. The molecule has 3 aromatic carbocycles. The molecule has 182 valence electrons. The van der Waals surface area contributed by atoms with Crippen LogP contribution in [0.15, 0.2) is 54.8 Å². The summed E-state index contributed by atoms with van der Waals surface area (Å²) in [7, 11) is 0. The summed E-state index contributed by atoms with van der Waals surface area (Å²) in [6, 6.07) is 7.84. The number of aliphatic hydroxyl groups excluding tert-OH is 1. The van der Waals surface area contributed by atoms with E-state index in [0.29, 0.717) is 35.5 Å². The second kappa shape index (κ2) is 10.2. The lowest BCUT2D eigenvalue weighted by molar-refractivity contribution is 0.0925. The zero-order valence-electron chi connectivity index (χ0n) is 18.3. The van der Waals surface area contributed by atoms with Crippen molar-refractivity contribution in [3.05, 3.63) is 99.0 Å². The van der Waals surface area contributed by atoms with E-state index in [9.17, 15) is 23.1 Å². The molecule has 35 heavy (non-hydrogen) atoms. The Morgan fingerprint density at radius 2 is 1.77 bits per heavy atom. The predicted molar refractivity (Wildman–Crippen MR) is 129 cm³/mol. The molecule has 0 spiro atoms. The first-order chi connectivity index (χ1) is 16.7. The van der Waals surface area contributed by atoms with Gasteiger partial charge in [0.15, 0.2) is 0 Å². The van der Waals surface area contributed by atoms with Crippen molar-refractivity contribution < 1.29 is 27.8 Å². The molecule has 0 aliphatic carbocycles. The van der Waals surface area contributed by atoms with Gasteiger partial charge in [-0.2, -0.15) is 0 Å². The van der Waals surface area contributed by atoms with Crippen LogP contribution in [0.3, 0.4) is 0 Å². The number of halogens is 5. The second-order valence-electron chi connectivity index (χ2n) is 8.09. The molecule has 3 aromatic rings. The van der Waals surface area contributed by atoms with Gasteiger partial charge in [0.25, 0.3) is 5.91 Å². The molecule has 0 unspecified atom stereocenters. The number of aliphatic hydroxyl groups is 1. The van der Waals surface area contributed by atoms with Crippen LogP contribution in [0.25, 0.3) is 11.1 Å². The third-order valence-electron chi connectivity index (χ3n) is 5.76. The fourth-order valence-electron chi connectivity index (χ4n) is 4.14. The Kier molecular flexibility index (Phi) is 7.28. The maximum atomic E-state index is 14.0. The molecule has 2 N–H and O–H groups in total. The fraction of sp³-hybridized carbons (Fsp3) is 0.192. The Labute approximate surface area is 209 Å². The largest absolute Gasteiger partial charge is 0.511 e. The van der Waals surface area contributed by atoms with Gasteiger partial charge < -0.3 is 15.2 Å². The minimum absolute atomic E-state index is 0.0324. The lowest BCUT2D eigenvalue weighted by Crippen LogP contribution is -2.38. The minimum atomic E-state index is -1.06. The summed E-state index contributed by atoms with van der Waals surface area (Å²) in [5.74, 6) is -3.52. The normalized spacial score (nSPS) is 13.5. The van der Waals surface area contributed by atoms with Crippen LogP contribution in [0.1, 0.15) is 27.9 Å². The van der Waals surface area contributed by atoms with Crippen molar-refractivity contribution in [2.45, 2.75) is 25.3 Å². The van der Waals surface area contributed by atoms with Crippen molar-refractivity contribution in [3.63, 3.8) is 0 Å². The molecule has 0 saturated carbocycles. The summed E-state index contributed by atoms with van der Waals surface area (Å²) in [4.78, 5) is 12.6. The maximum Gasteiger partial charge on any atom is 0.257 e. The first-order valence-electron chi connectivity index (χ1n) is 10.7. The Hall–Kier alpha value is -3.16. The first-order valence-corrected chi connectivity index (χ1v) is 11.5. The van der Waals surface area contributed by atoms with Crippen molar-refractivity contribution >= 4 is 29.1 Å². The highest BCUT2D eigenvalue weighted by molar-refractivity contribution is 6.39. The monoisotopic (exact) mass is 521 g/mol. The summed E-state index contributed by atoms with van der Waals surface area (Å²) < 4.78 is 47.7. The van der Waals surface area contributed by atoms with Crippen molar-refractivity contribution in [2.75, 3.05) is 6.61 Å². The SMILES string of the molecule is C=C(O)[C@H](Cc1ccc(-c2c(Cl)cc(F)cc2Cl)c2c1OCCC2)NC(=O)c1c(F)cccc1F. The van der Waals surface area contributed by atoms with Crippen molar-refractivity contribution in [1.82, 2.24) is 5.32 Å². The molecule has 0 aromatic heterocycles. The molecule has 1 atom stereocenters. The van der Waals surface area contributed by atoms with Gasteiger partial charge in [-0.1, -0.05) is 48.0 Å². The molecule has 0 saturated heterocycles. The Balaban J connectivity index is 1.69. The van der Waals surface area contributed by atoms with Crippen LogP contribution >= 0.6 is 23.2 Å². The van der Waals surface area contributed by atoms with Crippen LogP contribution in [0.5, 0.6) is 5.75 Å². The first kappa shape index (κ1) is 24.9. The van der Waals surface area contributed by atoms with E-state index < -0.39 is 40.7 Å². The van der Waals surface area contributed by atoms with E-state index in [1.807, 2.05) is 0 Å². The van der Waals surface area contributed by atoms with Gasteiger partial charge in [0.2, 0.25) is 0 Å². The van der Waals surface area contributed by atoms with Gasteiger partial charge in [-0.3, -0.25) is 4.79 Å². The lowest BCUT2D eigenvalue weighted by Gasteiger charge is -2.26. The smallest absolute Gasteiger partial charge is 0.257 e. The van der Waals surface area contributed by atoms with E-state index in [2.05, 4.69) is 11.9 Å². The highest BCUT2D eigenvalue weighted by Crippen LogP contribution is 2.43. The number of carbonyl (C=O) groups excluding carboxylic acids is 1. The van der Waals surface area contributed by atoms with Gasteiger partial charge in [0, 0.05) is 17.5 Å². The molecule has 4 rings (SSSR count). The van der Waals surface area contributed by atoms with Gasteiger partial charge in [0.05, 0.1) is 22.7 Å². The van der Waals surface area contributed by atoms with E-state index >= 15 is 0 Å². The van der Waals surface area contributed by atoms with E-state index in [1.54, 1.807) is 12.1 Å². The van der Waals surface area contributed by atoms with Crippen LogP contribution in [0.2, 0.25) is 10.0 Å². The molecular formula is C26H20Cl2F3NO3. The lowest BCUT2D eigenvalue weighted by atomic mass is 9.90. The van der Waals surface area contributed by atoms with Crippen LogP contribution in [0.4, 0.5) is 13.2 Å². The number of fused-ring (bicyclic) bond motifs is 1. The van der Waals surface area contributed by atoms with Crippen LogP contribution in [0, 0.1) is 17.5 Å². The Bertz CT molecular complexity index is 1290. The molecular weight excluding hydrogens is 502 g/mol. The summed E-state index contributed by atoms with van der Waals surface area (Å²) in [5, 5.41) is 12.9. The highest BCUT2D eigenvalue weighted by atomic mass is 35.5. The molecule has 1 amide bonds. The molecule has 0 radical (unpaired) electrons. The van der Waals surface area contributed by atoms with Gasteiger partial charge in [-0.15, -0.1) is 0 Å². The van der Waals surface area contributed by atoms with Gasteiger partial charge in [0.1, 0.15) is 34.5 Å². The molecule has 4 nitrogen and oxygen atoms in total. The topological polar surface area (TPSA) is 58.6 Å². The third-order valence-corrected chi connectivity index (χ3v) is 6.35. The number of amides is 1. The Morgan fingerprint density at radius 1 is 1.11 bits per heavy atom. The van der Waals surface area contributed by atoms with Crippen LogP contribution in [-0.2, 0) is 12.8 Å². The standard InChI is InChI=1S/C26H20Cl2F3NO3/c1-13(33)22(32-26(34)24-20(30)5-2-6-21(24)31)10-14-7-8-16(17-4-3-9-35-25(14)17)23-18(27)11-15(29)12-19(23)28/h2,5-8,11-12,22,33H,1,3-4,9-10H2,(H,32,34)/t22-/m0/s1. The second-order valence-corrected chi connectivity index (χ2v) is 8.91. The molecule has 0 fully saturated rings. The van der Waals surface area contributed by atoms with Gasteiger partial charge >= 0.3 is 0 Å². The molecule has 1 heterocycles. The zero-order chi connectivity index (χ0) is 25.3. The number of nitrogens with one attached hydrogen (secondary N) is 1. The number of ether oxygens (including phenoxy) is 1. The number of benzene rings is 3. The summed E-state index contributed by atoms with van der Waals surface area (Å²) in [6.07, 6.45) is 1.38. The summed E-state index contributed by atoms with van der Waals surface area (Å²) in [5.41, 5.74) is 1.79. The molecule has 9 heteroatoms. The van der Waals surface area contributed by atoms with Crippen LogP contribution < -0.4 is 10.1 Å². The minimum Gasteiger partial charge on any atom is -0.511 e. The third kappa shape index (κ3) is 5.11. The zero-order valence-corrected chi connectivity index (χ0v) is 19.8.